The van der Waals surface area contributed by atoms with Gasteiger partial charge >= 0.3 is 0 Å². The van der Waals surface area contributed by atoms with Crippen LogP contribution in [0.5, 0.6) is 5.88 Å². The van der Waals surface area contributed by atoms with Gasteiger partial charge in [-0.15, -0.1) is 0 Å². The van der Waals surface area contributed by atoms with Crippen molar-refractivity contribution >= 4 is 5.82 Å². The van der Waals surface area contributed by atoms with Crippen molar-refractivity contribution in [3.8, 4) is 5.88 Å². The van der Waals surface area contributed by atoms with Crippen LogP contribution in [-0.4, -0.2) is 23.1 Å². The molecule has 4 heteroatoms. The highest BCUT2D eigenvalue weighted by Crippen LogP contribution is 2.26. The third-order valence-electron chi connectivity index (χ3n) is 3.37. The first kappa shape index (κ1) is 14.7. The lowest BCUT2D eigenvalue weighted by molar-refractivity contribution is 0.274. The van der Waals surface area contributed by atoms with Gasteiger partial charge in [-0.1, -0.05) is 27.7 Å². The van der Waals surface area contributed by atoms with Gasteiger partial charge in [-0.25, -0.2) is 9.97 Å². The van der Waals surface area contributed by atoms with E-state index in [1.54, 1.807) is 6.33 Å². The maximum absolute atomic E-state index is 5.46. The van der Waals surface area contributed by atoms with Crippen molar-refractivity contribution < 1.29 is 4.74 Å². The maximum Gasteiger partial charge on any atom is 0.221 e. The summed E-state index contributed by atoms with van der Waals surface area (Å²) in [6, 6.07) is 0. The van der Waals surface area contributed by atoms with Crippen molar-refractivity contribution in [2.75, 3.05) is 18.5 Å². The quantitative estimate of drug-likeness (QED) is 0.872. The van der Waals surface area contributed by atoms with E-state index in [9.17, 15) is 0 Å². The van der Waals surface area contributed by atoms with Crippen LogP contribution in [0.15, 0.2) is 6.33 Å². The van der Waals surface area contributed by atoms with Gasteiger partial charge in [0.15, 0.2) is 0 Å². The second-order valence-corrected chi connectivity index (χ2v) is 5.73. The predicted octanol–water partition coefficient (Wildman–Crippen LogP) is 3.28. The Morgan fingerprint density at radius 1 is 1.33 bits per heavy atom. The fraction of sp³-hybridized carbons (Fsp3) is 0.714. The molecule has 0 aliphatic carbocycles. The van der Waals surface area contributed by atoms with E-state index in [0.717, 1.165) is 17.9 Å². The van der Waals surface area contributed by atoms with E-state index in [1.807, 2.05) is 13.8 Å². The topological polar surface area (TPSA) is 47.0 Å². The number of hydrogen-bond donors (Lipinski definition) is 1. The second-order valence-electron chi connectivity index (χ2n) is 5.73. The normalized spacial score (nSPS) is 13.2. The Labute approximate surface area is 110 Å². The minimum atomic E-state index is 0.288. The number of hydrogen-bond acceptors (Lipinski definition) is 4. The van der Waals surface area contributed by atoms with Gasteiger partial charge in [0.25, 0.3) is 0 Å². The fourth-order valence-electron chi connectivity index (χ4n) is 1.45. The Bertz CT molecular complexity index is 385. The van der Waals surface area contributed by atoms with Crippen molar-refractivity contribution in [2.45, 2.75) is 41.5 Å². The zero-order valence-electron chi connectivity index (χ0n) is 12.4. The Hall–Kier alpha value is -1.32. The monoisotopic (exact) mass is 251 g/mol. The molecular formula is C14H25N3O. The highest BCUT2D eigenvalue weighted by Gasteiger charge is 2.20. The summed E-state index contributed by atoms with van der Waals surface area (Å²) in [5, 5.41) is 3.39. The lowest BCUT2D eigenvalue weighted by Crippen LogP contribution is -2.25. The smallest absolute Gasteiger partial charge is 0.221 e. The molecule has 1 unspecified atom stereocenters. The Morgan fingerprint density at radius 3 is 2.56 bits per heavy atom. The number of rotatable bonds is 5. The van der Waals surface area contributed by atoms with Gasteiger partial charge in [0.1, 0.15) is 12.1 Å². The molecule has 0 aliphatic rings. The summed E-state index contributed by atoms with van der Waals surface area (Å²) in [7, 11) is 0. The fourth-order valence-corrected chi connectivity index (χ4v) is 1.45. The number of aromatic nitrogens is 2. The van der Waals surface area contributed by atoms with E-state index in [4.69, 9.17) is 4.74 Å². The highest BCUT2D eigenvalue weighted by molar-refractivity contribution is 5.47. The summed E-state index contributed by atoms with van der Waals surface area (Å²) in [6.45, 7) is 14.4. The molecular weight excluding hydrogens is 226 g/mol. The molecule has 1 heterocycles. The summed E-state index contributed by atoms with van der Waals surface area (Å²) in [5.41, 5.74) is 1.26. The standard InChI is InChI=1S/C14H25N3O/c1-7-18-13-11(3)12(16-9-17-13)15-8-10(2)14(4,5)6/h9-10H,7-8H2,1-6H3,(H,15,16,17). The molecule has 1 aromatic rings. The SMILES string of the molecule is CCOc1ncnc(NCC(C)C(C)(C)C)c1C. The lowest BCUT2D eigenvalue weighted by Gasteiger charge is -2.27. The van der Waals surface area contributed by atoms with E-state index < -0.39 is 0 Å². The minimum Gasteiger partial charge on any atom is -0.478 e. The molecule has 0 saturated carbocycles. The van der Waals surface area contributed by atoms with Crippen LogP contribution >= 0.6 is 0 Å². The van der Waals surface area contributed by atoms with Crippen molar-refractivity contribution in [2.24, 2.45) is 11.3 Å². The number of nitrogens with zero attached hydrogens (tertiary/aromatic N) is 2. The van der Waals surface area contributed by atoms with Gasteiger partial charge in [-0.3, -0.25) is 0 Å². The molecule has 4 nitrogen and oxygen atoms in total. The first-order chi connectivity index (χ1) is 8.36. The van der Waals surface area contributed by atoms with Crippen molar-refractivity contribution in [3.05, 3.63) is 11.9 Å². The van der Waals surface area contributed by atoms with Gasteiger partial charge in [0.2, 0.25) is 5.88 Å². The minimum absolute atomic E-state index is 0.288. The molecule has 0 fully saturated rings. The average Bonchev–Trinajstić information content (AvgIpc) is 2.29. The second kappa shape index (κ2) is 6.03. The predicted molar refractivity (Wildman–Crippen MR) is 75.0 cm³/mol. The summed E-state index contributed by atoms with van der Waals surface area (Å²) < 4.78 is 5.46. The number of nitrogens with one attached hydrogen (secondary N) is 1. The van der Waals surface area contributed by atoms with Gasteiger partial charge in [-0.05, 0) is 25.2 Å². The lowest BCUT2D eigenvalue weighted by atomic mass is 9.82. The Morgan fingerprint density at radius 2 is 2.00 bits per heavy atom. The van der Waals surface area contributed by atoms with Crippen molar-refractivity contribution in [1.82, 2.24) is 9.97 Å². The highest BCUT2D eigenvalue weighted by atomic mass is 16.5. The van der Waals surface area contributed by atoms with Crippen LogP contribution < -0.4 is 10.1 Å². The largest absolute Gasteiger partial charge is 0.478 e. The van der Waals surface area contributed by atoms with Gasteiger partial charge in [0.05, 0.1) is 12.2 Å². The van der Waals surface area contributed by atoms with E-state index in [1.165, 1.54) is 0 Å². The summed E-state index contributed by atoms with van der Waals surface area (Å²) in [4.78, 5) is 8.40. The van der Waals surface area contributed by atoms with E-state index in [0.29, 0.717) is 18.4 Å². The van der Waals surface area contributed by atoms with E-state index in [-0.39, 0.29) is 5.41 Å². The third-order valence-corrected chi connectivity index (χ3v) is 3.37. The molecule has 18 heavy (non-hydrogen) atoms. The van der Waals surface area contributed by atoms with Gasteiger partial charge in [-0.2, -0.15) is 0 Å². The zero-order chi connectivity index (χ0) is 13.8. The Balaban J connectivity index is 2.71. The number of anilines is 1. The maximum atomic E-state index is 5.46. The molecule has 0 amide bonds. The summed E-state index contributed by atoms with van der Waals surface area (Å²) >= 11 is 0. The van der Waals surface area contributed by atoms with Crippen molar-refractivity contribution in [1.29, 1.82) is 0 Å². The molecule has 102 valence electrons. The molecule has 1 N–H and O–H groups in total. The van der Waals surface area contributed by atoms with Crippen LogP contribution in [0, 0.1) is 18.3 Å². The van der Waals surface area contributed by atoms with Crippen LogP contribution in [0.4, 0.5) is 5.82 Å². The first-order valence-electron chi connectivity index (χ1n) is 6.54. The summed E-state index contributed by atoms with van der Waals surface area (Å²) in [5.74, 6) is 2.09. The van der Waals surface area contributed by atoms with Gasteiger partial charge < -0.3 is 10.1 Å². The van der Waals surface area contributed by atoms with Crippen LogP contribution in [0.1, 0.15) is 40.2 Å². The molecule has 1 rings (SSSR count). The van der Waals surface area contributed by atoms with Crippen LogP contribution in [0.25, 0.3) is 0 Å². The molecule has 0 aliphatic heterocycles. The van der Waals surface area contributed by atoms with Crippen molar-refractivity contribution in [3.63, 3.8) is 0 Å². The van der Waals surface area contributed by atoms with Crippen LogP contribution in [-0.2, 0) is 0 Å². The first-order valence-corrected chi connectivity index (χ1v) is 6.54. The average molecular weight is 251 g/mol. The molecule has 0 aromatic carbocycles. The van der Waals surface area contributed by atoms with Gasteiger partial charge in [0, 0.05) is 6.54 Å². The summed E-state index contributed by atoms with van der Waals surface area (Å²) in [6.07, 6.45) is 1.54. The third kappa shape index (κ3) is 3.86. The molecule has 0 spiro atoms. The molecule has 0 bridgehead atoms. The molecule has 1 aromatic heterocycles. The Kier molecular flexibility index (Phi) is 4.93. The van der Waals surface area contributed by atoms with Crippen LogP contribution in [0.3, 0.4) is 0 Å². The molecule has 0 saturated heterocycles. The van der Waals surface area contributed by atoms with E-state index in [2.05, 4.69) is 43.0 Å². The number of ether oxygens (including phenoxy) is 1. The molecule has 0 radical (unpaired) electrons. The zero-order valence-corrected chi connectivity index (χ0v) is 12.4. The van der Waals surface area contributed by atoms with Crippen LogP contribution in [0.2, 0.25) is 0 Å². The van der Waals surface area contributed by atoms with E-state index >= 15 is 0 Å². The molecule has 1 atom stereocenters.